The molecule has 0 heterocycles. The lowest BCUT2D eigenvalue weighted by Crippen LogP contribution is -2.46. The number of carbonyl (C=O) groups excluding carboxylic acids is 1. The first-order valence-corrected chi connectivity index (χ1v) is 21.8. The Morgan fingerprint density at radius 3 is 1.42 bits per heavy atom. The maximum Gasteiger partial charge on any atom is 0.267 e. The molecule has 0 aromatic carbocycles. The number of rotatable bonds is 36. The van der Waals surface area contributed by atoms with Crippen LogP contribution in [0.25, 0.3) is 0 Å². The quantitative estimate of drug-likeness (QED) is 0.0344. The number of aliphatic hydroxyl groups is 1. The minimum Gasteiger partial charge on any atom is -0.387 e. The Bertz CT molecular complexity index is 899. The van der Waals surface area contributed by atoms with Crippen molar-refractivity contribution in [1.29, 1.82) is 0 Å². The average Bonchev–Trinajstić information content (AvgIpc) is 3.05. The Balaban J connectivity index is 3.94. The number of nitrogens with one attached hydrogen (secondary N) is 1. The van der Waals surface area contributed by atoms with Gasteiger partial charge in [-0.15, -0.1) is 0 Å². The first-order chi connectivity index (χ1) is 23.3. The Hall–Kier alpha value is -1.44. The van der Waals surface area contributed by atoms with Crippen molar-refractivity contribution in [3.63, 3.8) is 0 Å². The molecule has 7 heteroatoms. The fourth-order valence-electron chi connectivity index (χ4n) is 6.00. The molecule has 282 valence electrons. The van der Waals surface area contributed by atoms with Crippen molar-refractivity contribution in [3.8, 4) is 0 Å². The molecular weight excluding hydrogens is 619 g/mol. The summed E-state index contributed by atoms with van der Waals surface area (Å²) in [5, 5.41) is 13.2. The molecule has 0 saturated carbocycles. The van der Waals surface area contributed by atoms with Crippen LogP contribution in [0.2, 0.25) is 0 Å². The van der Waals surface area contributed by atoms with E-state index in [1.54, 1.807) is 6.08 Å². The van der Waals surface area contributed by atoms with Gasteiger partial charge in [-0.2, -0.15) is 8.42 Å². The molecule has 0 aliphatic carbocycles. The molecule has 2 unspecified atom stereocenters. The van der Waals surface area contributed by atoms with Crippen LogP contribution in [0.15, 0.2) is 36.5 Å². The van der Waals surface area contributed by atoms with E-state index in [-0.39, 0.29) is 12.3 Å². The van der Waals surface area contributed by atoms with Crippen LogP contribution >= 0.6 is 0 Å². The molecule has 0 aliphatic heterocycles. The number of amides is 1. The van der Waals surface area contributed by atoms with Crippen molar-refractivity contribution < 1.29 is 22.9 Å². The Labute approximate surface area is 297 Å². The van der Waals surface area contributed by atoms with Crippen LogP contribution in [0.3, 0.4) is 0 Å². The monoisotopic (exact) mass is 696 g/mol. The van der Waals surface area contributed by atoms with E-state index < -0.39 is 28.0 Å². The molecule has 0 fully saturated rings. The third-order valence-corrected chi connectivity index (χ3v) is 9.84. The lowest BCUT2D eigenvalue weighted by molar-refractivity contribution is -0.122. The highest BCUT2D eigenvalue weighted by molar-refractivity contribution is 7.85. The maximum absolute atomic E-state index is 12.5. The number of allylic oxidation sites excluding steroid dienone is 5. The van der Waals surface area contributed by atoms with Gasteiger partial charge in [-0.25, -0.2) is 0 Å². The molecular formula is C41H77NO5S. The van der Waals surface area contributed by atoms with Gasteiger partial charge in [0.2, 0.25) is 5.91 Å². The zero-order valence-electron chi connectivity index (χ0n) is 31.4. The van der Waals surface area contributed by atoms with Crippen molar-refractivity contribution >= 4 is 16.0 Å². The summed E-state index contributed by atoms with van der Waals surface area (Å²) < 4.78 is 32.4. The normalized spacial score (nSPS) is 13.7. The molecule has 0 rings (SSSR count). The van der Waals surface area contributed by atoms with E-state index in [9.17, 15) is 22.9 Å². The number of hydrogen-bond donors (Lipinski definition) is 3. The van der Waals surface area contributed by atoms with Crippen LogP contribution in [0.4, 0.5) is 0 Å². The molecule has 0 radical (unpaired) electrons. The van der Waals surface area contributed by atoms with E-state index in [4.69, 9.17) is 0 Å². The lowest BCUT2D eigenvalue weighted by Gasteiger charge is -2.21. The fourth-order valence-corrected chi connectivity index (χ4v) is 6.73. The maximum atomic E-state index is 12.5. The highest BCUT2D eigenvalue weighted by atomic mass is 32.2. The second-order valence-electron chi connectivity index (χ2n) is 13.9. The minimum absolute atomic E-state index is 0.280. The van der Waals surface area contributed by atoms with E-state index in [1.807, 2.05) is 6.08 Å². The molecule has 0 aliphatic rings. The van der Waals surface area contributed by atoms with E-state index in [0.29, 0.717) is 6.42 Å². The summed E-state index contributed by atoms with van der Waals surface area (Å²) in [4.78, 5) is 12.5. The molecule has 0 saturated heterocycles. The molecule has 6 nitrogen and oxygen atoms in total. The molecule has 48 heavy (non-hydrogen) atoms. The molecule has 2 atom stereocenters. The third-order valence-electron chi connectivity index (χ3n) is 9.06. The third kappa shape index (κ3) is 35.9. The van der Waals surface area contributed by atoms with Gasteiger partial charge in [0.1, 0.15) is 0 Å². The first kappa shape index (κ1) is 46.6. The van der Waals surface area contributed by atoms with Crippen LogP contribution < -0.4 is 5.32 Å². The summed E-state index contributed by atoms with van der Waals surface area (Å²) in [5.41, 5.74) is 0. The smallest absolute Gasteiger partial charge is 0.267 e. The topological polar surface area (TPSA) is 104 Å². The minimum atomic E-state index is -4.35. The molecule has 0 aromatic heterocycles. The second-order valence-corrected chi connectivity index (χ2v) is 15.4. The van der Waals surface area contributed by atoms with Crippen LogP contribution in [0, 0.1) is 0 Å². The SMILES string of the molecule is CCCC/C=C\C/C=C\CCCCCCCC(=O)NC(CS(=O)(=O)O)C(O)/C=C/CCCCCCCCCCCCCCCCCCC. The molecule has 0 aromatic rings. The summed E-state index contributed by atoms with van der Waals surface area (Å²) in [6.45, 7) is 4.48. The van der Waals surface area contributed by atoms with Gasteiger partial charge in [-0.3, -0.25) is 9.35 Å². The van der Waals surface area contributed by atoms with Crippen molar-refractivity contribution in [2.24, 2.45) is 0 Å². The highest BCUT2D eigenvalue weighted by Crippen LogP contribution is 2.15. The van der Waals surface area contributed by atoms with E-state index in [1.165, 1.54) is 116 Å². The Kier molecular flexibility index (Phi) is 34.3. The highest BCUT2D eigenvalue weighted by Gasteiger charge is 2.24. The van der Waals surface area contributed by atoms with Crippen molar-refractivity contribution in [3.05, 3.63) is 36.5 Å². The molecule has 0 spiro atoms. The fraction of sp³-hybridized carbons (Fsp3) is 0.829. The number of carbonyl (C=O) groups is 1. The van der Waals surface area contributed by atoms with Crippen LogP contribution in [-0.2, 0) is 14.9 Å². The zero-order chi connectivity index (χ0) is 35.4. The Morgan fingerprint density at radius 2 is 0.958 bits per heavy atom. The predicted octanol–water partition coefficient (Wildman–Crippen LogP) is 11.7. The number of hydrogen-bond acceptors (Lipinski definition) is 4. The lowest BCUT2D eigenvalue weighted by atomic mass is 10.0. The van der Waals surface area contributed by atoms with Gasteiger partial charge < -0.3 is 10.4 Å². The summed E-state index contributed by atoms with van der Waals surface area (Å²) in [6.07, 6.45) is 45.5. The second kappa shape index (κ2) is 35.4. The van der Waals surface area contributed by atoms with Crippen LogP contribution in [0.1, 0.15) is 200 Å². The van der Waals surface area contributed by atoms with Gasteiger partial charge in [0.25, 0.3) is 10.1 Å². The zero-order valence-corrected chi connectivity index (χ0v) is 32.2. The summed E-state index contributed by atoms with van der Waals surface area (Å²) >= 11 is 0. The summed E-state index contributed by atoms with van der Waals surface area (Å²) in [5.74, 6) is -0.995. The Morgan fingerprint density at radius 1 is 0.562 bits per heavy atom. The van der Waals surface area contributed by atoms with Gasteiger partial charge in [-0.05, 0) is 44.9 Å². The number of unbranched alkanes of at least 4 members (excludes halogenated alkanes) is 24. The number of aliphatic hydroxyl groups excluding tert-OH is 1. The van der Waals surface area contributed by atoms with Crippen molar-refractivity contribution in [2.45, 2.75) is 212 Å². The van der Waals surface area contributed by atoms with E-state index in [0.717, 1.165) is 57.8 Å². The van der Waals surface area contributed by atoms with Gasteiger partial charge >= 0.3 is 0 Å². The van der Waals surface area contributed by atoms with Gasteiger partial charge in [0.05, 0.1) is 17.9 Å². The van der Waals surface area contributed by atoms with E-state index in [2.05, 4.69) is 43.5 Å². The summed E-state index contributed by atoms with van der Waals surface area (Å²) in [6, 6.07) is -1.06. The largest absolute Gasteiger partial charge is 0.387 e. The predicted molar refractivity (Wildman–Crippen MR) is 207 cm³/mol. The standard InChI is InChI=1S/C41H77NO5S/c1-3-5-7-9-11-13-15-17-19-20-21-22-23-24-26-28-30-32-34-36-40(43)39(38-48(45,46)47)42-41(44)37-35-33-31-29-27-25-18-16-14-12-10-8-6-4-2/h10,12,16,18,34,36,39-40,43H,3-9,11,13-15,17,19-33,35,37-38H2,1-2H3,(H,42,44)(H,45,46,47)/b12-10-,18-16-,36-34+. The van der Waals surface area contributed by atoms with Gasteiger partial charge in [0, 0.05) is 6.42 Å². The van der Waals surface area contributed by atoms with Crippen molar-refractivity contribution in [2.75, 3.05) is 5.75 Å². The van der Waals surface area contributed by atoms with Gasteiger partial charge in [-0.1, -0.05) is 185 Å². The molecule has 3 N–H and O–H groups in total. The van der Waals surface area contributed by atoms with Gasteiger partial charge in [0.15, 0.2) is 0 Å². The summed E-state index contributed by atoms with van der Waals surface area (Å²) in [7, 11) is -4.35. The van der Waals surface area contributed by atoms with Crippen molar-refractivity contribution in [1.82, 2.24) is 5.32 Å². The first-order valence-electron chi connectivity index (χ1n) is 20.2. The molecule has 1 amide bonds. The average molecular weight is 696 g/mol. The molecule has 0 bridgehead atoms. The van der Waals surface area contributed by atoms with E-state index >= 15 is 0 Å². The van der Waals surface area contributed by atoms with Crippen LogP contribution in [0.5, 0.6) is 0 Å². The van der Waals surface area contributed by atoms with Crippen LogP contribution in [-0.4, -0.2) is 41.9 Å².